The van der Waals surface area contributed by atoms with Crippen molar-refractivity contribution < 1.29 is 9.59 Å². The number of hydrogen-bond donors (Lipinski definition) is 1. The second-order valence-electron chi connectivity index (χ2n) is 5.98. The third-order valence-electron chi connectivity index (χ3n) is 4.11. The molecular weight excluding hydrogens is 342 g/mol. The van der Waals surface area contributed by atoms with E-state index in [9.17, 15) is 9.59 Å². The standard InChI is InChI=1S/C17H20ClN5O2/c18-14-6-4-13(5-7-14)16(24)19-8-3-11-23-12-15(20-21-23)17(25)22-9-1-2-10-22/h4-7,12H,1-3,8-11H2,(H,19,24). The lowest BCUT2D eigenvalue weighted by molar-refractivity contribution is 0.0786. The van der Waals surface area contributed by atoms with Crippen molar-refractivity contribution in [1.29, 1.82) is 0 Å². The van der Waals surface area contributed by atoms with E-state index in [1.807, 2.05) is 0 Å². The molecule has 1 aromatic heterocycles. The van der Waals surface area contributed by atoms with E-state index in [4.69, 9.17) is 11.6 Å². The lowest BCUT2D eigenvalue weighted by atomic mass is 10.2. The second-order valence-corrected chi connectivity index (χ2v) is 6.42. The summed E-state index contributed by atoms with van der Waals surface area (Å²) in [5.41, 5.74) is 0.954. The van der Waals surface area contributed by atoms with Crippen LogP contribution in [0.2, 0.25) is 5.02 Å². The largest absolute Gasteiger partial charge is 0.352 e. The van der Waals surface area contributed by atoms with Crippen molar-refractivity contribution in [3.8, 4) is 0 Å². The number of nitrogens with one attached hydrogen (secondary N) is 1. The zero-order valence-electron chi connectivity index (χ0n) is 13.8. The molecule has 25 heavy (non-hydrogen) atoms. The van der Waals surface area contributed by atoms with E-state index < -0.39 is 0 Å². The van der Waals surface area contributed by atoms with Crippen molar-refractivity contribution in [2.45, 2.75) is 25.8 Å². The fraction of sp³-hybridized carbons (Fsp3) is 0.412. The van der Waals surface area contributed by atoms with Gasteiger partial charge in [0.2, 0.25) is 0 Å². The number of halogens is 1. The Balaban J connectivity index is 1.42. The summed E-state index contributed by atoms with van der Waals surface area (Å²) in [5, 5.41) is 11.4. The van der Waals surface area contributed by atoms with E-state index in [2.05, 4.69) is 15.6 Å². The number of carbonyl (C=O) groups is 2. The molecule has 0 radical (unpaired) electrons. The Labute approximate surface area is 150 Å². The maximum Gasteiger partial charge on any atom is 0.276 e. The van der Waals surface area contributed by atoms with Crippen LogP contribution in [-0.4, -0.2) is 51.3 Å². The molecule has 7 nitrogen and oxygen atoms in total. The second kappa shape index (κ2) is 8.11. The maximum atomic E-state index is 12.2. The number of aryl methyl sites for hydroxylation is 1. The third kappa shape index (κ3) is 4.57. The lowest BCUT2D eigenvalue weighted by Gasteiger charge is -2.12. The first kappa shape index (κ1) is 17.4. The highest BCUT2D eigenvalue weighted by atomic mass is 35.5. The molecule has 0 aliphatic carbocycles. The van der Waals surface area contributed by atoms with Gasteiger partial charge < -0.3 is 10.2 Å². The molecule has 1 N–H and O–H groups in total. The molecule has 0 bridgehead atoms. The number of rotatable bonds is 6. The Morgan fingerprint density at radius 1 is 1.16 bits per heavy atom. The minimum atomic E-state index is -0.139. The summed E-state index contributed by atoms with van der Waals surface area (Å²) in [5.74, 6) is -0.194. The fourth-order valence-electron chi connectivity index (χ4n) is 2.73. The molecule has 1 aromatic carbocycles. The molecule has 0 unspecified atom stereocenters. The maximum absolute atomic E-state index is 12.2. The van der Waals surface area contributed by atoms with Crippen LogP contribution in [0.15, 0.2) is 30.5 Å². The van der Waals surface area contributed by atoms with Crippen molar-refractivity contribution >= 4 is 23.4 Å². The van der Waals surface area contributed by atoms with Crippen molar-refractivity contribution in [2.75, 3.05) is 19.6 Å². The molecular formula is C17H20ClN5O2. The first-order valence-corrected chi connectivity index (χ1v) is 8.74. The number of benzene rings is 1. The van der Waals surface area contributed by atoms with Gasteiger partial charge in [-0.3, -0.25) is 14.3 Å². The van der Waals surface area contributed by atoms with Gasteiger partial charge in [-0.25, -0.2) is 0 Å². The SMILES string of the molecule is O=C(NCCCn1cc(C(=O)N2CCCC2)nn1)c1ccc(Cl)cc1. The first-order chi connectivity index (χ1) is 12.1. The van der Waals surface area contributed by atoms with E-state index in [0.717, 1.165) is 25.9 Å². The normalized spacial score (nSPS) is 13.9. The van der Waals surface area contributed by atoms with Crippen LogP contribution in [0, 0.1) is 0 Å². The zero-order chi connectivity index (χ0) is 17.6. The summed E-state index contributed by atoms with van der Waals surface area (Å²) >= 11 is 5.80. The van der Waals surface area contributed by atoms with E-state index in [1.165, 1.54) is 0 Å². The number of carbonyl (C=O) groups excluding carboxylic acids is 2. The number of amides is 2. The summed E-state index contributed by atoms with van der Waals surface area (Å²) in [7, 11) is 0. The van der Waals surface area contributed by atoms with Gasteiger partial charge in [0.05, 0.1) is 6.20 Å². The zero-order valence-corrected chi connectivity index (χ0v) is 14.6. The smallest absolute Gasteiger partial charge is 0.276 e. The monoisotopic (exact) mass is 361 g/mol. The number of nitrogens with zero attached hydrogens (tertiary/aromatic N) is 4. The van der Waals surface area contributed by atoms with E-state index in [1.54, 1.807) is 40.0 Å². The molecule has 2 amide bonds. The molecule has 2 heterocycles. The predicted molar refractivity (Wildman–Crippen MR) is 93.6 cm³/mol. The van der Waals surface area contributed by atoms with Crippen LogP contribution in [-0.2, 0) is 6.54 Å². The first-order valence-electron chi connectivity index (χ1n) is 8.36. The molecule has 1 fully saturated rings. The highest BCUT2D eigenvalue weighted by Gasteiger charge is 2.21. The van der Waals surface area contributed by atoms with E-state index in [0.29, 0.717) is 35.8 Å². The van der Waals surface area contributed by atoms with Crippen LogP contribution >= 0.6 is 11.6 Å². The molecule has 8 heteroatoms. The molecule has 0 spiro atoms. The van der Waals surface area contributed by atoms with E-state index in [-0.39, 0.29) is 11.8 Å². The molecule has 0 atom stereocenters. The Morgan fingerprint density at radius 3 is 2.60 bits per heavy atom. The lowest BCUT2D eigenvalue weighted by Crippen LogP contribution is -2.27. The van der Waals surface area contributed by atoms with Crippen LogP contribution in [0.1, 0.15) is 40.1 Å². The van der Waals surface area contributed by atoms with Crippen LogP contribution in [0.5, 0.6) is 0 Å². The quantitative estimate of drug-likeness (QED) is 0.798. The van der Waals surface area contributed by atoms with Gasteiger partial charge in [0.15, 0.2) is 5.69 Å². The van der Waals surface area contributed by atoms with Crippen LogP contribution < -0.4 is 5.32 Å². The molecule has 132 valence electrons. The molecule has 2 aromatic rings. The van der Waals surface area contributed by atoms with E-state index >= 15 is 0 Å². The molecule has 1 aliphatic heterocycles. The number of hydrogen-bond acceptors (Lipinski definition) is 4. The third-order valence-corrected chi connectivity index (χ3v) is 4.36. The topological polar surface area (TPSA) is 80.1 Å². The van der Waals surface area contributed by atoms with Crippen molar-refractivity contribution in [3.63, 3.8) is 0 Å². The molecule has 1 aliphatic rings. The van der Waals surface area contributed by atoms with Crippen molar-refractivity contribution in [2.24, 2.45) is 0 Å². The minimum Gasteiger partial charge on any atom is -0.352 e. The van der Waals surface area contributed by atoms with Gasteiger partial charge in [-0.15, -0.1) is 5.10 Å². The van der Waals surface area contributed by atoms with Gasteiger partial charge in [-0.1, -0.05) is 16.8 Å². The molecule has 3 rings (SSSR count). The van der Waals surface area contributed by atoms with Gasteiger partial charge in [0.1, 0.15) is 0 Å². The van der Waals surface area contributed by atoms with Crippen molar-refractivity contribution in [1.82, 2.24) is 25.2 Å². The highest BCUT2D eigenvalue weighted by molar-refractivity contribution is 6.30. The average molecular weight is 362 g/mol. The van der Waals surface area contributed by atoms with Gasteiger partial charge in [0.25, 0.3) is 11.8 Å². The van der Waals surface area contributed by atoms with Gasteiger partial charge in [-0.05, 0) is 43.5 Å². The Hall–Kier alpha value is -2.41. The van der Waals surface area contributed by atoms with Crippen LogP contribution in [0.25, 0.3) is 0 Å². The molecule has 1 saturated heterocycles. The fourth-order valence-corrected chi connectivity index (χ4v) is 2.86. The summed E-state index contributed by atoms with van der Waals surface area (Å²) in [6.45, 7) is 2.68. The van der Waals surface area contributed by atoms with Gasteiger partial charge in [0, 0.05) is 36.8 Å². The van der Waals surface area contributed by atoms with Crippen molar-refractivity contribution in [3.05, 3.63) is 46.7 Å². The Kier molecular flexibility index (Phi) is 5.65. The van der Waals surface area contributed by atoms with Gasteiger partial charge >= 0.3 is 0 Å². The Bertz CT molecular complexity index is 738. The van der Waals surface area contributed by atoms with Crippen LogP contribution in [0.3, 0.4) is 0 Å². The minimum absolute atomic E-state index is 0.0557. The highest BCUT2D eigenvalue weighted by Crippen LogP contribution is 2.11. The summed E-state index contributed by atoms with van der Waals surface area (Å²) < 4.78 is 1.64. The Morgan fingerprint density at radius 2 is 1.88 bits per heavy atom. The number of likely N-dealkylation sites (tertiary alicyclic amines) is 1. The number of aromatic nitrogens is 3. The summed E-state index contributed by atoms with van der Waals surface area (Å²) in [6, 6.07) is 6.74. The summed E-state index contributed by atoms with van der Waals surface area (Å²) in [4.78, 5) is 26.0. The molecule has 0 saturated carbocycles. The van der Waals surface area contributed by atoms with Gasteiger partial charge in [-0.2, -0.15) is 0 Å². The predicted octanol–water partition coefficient (Wildman–Crippen LogP) is 1.99. The summed E-state index contributed by atoms with van der Waals surface area (Å²) in [6.07, 6.45) is 4.46. The average Bonchev–Trinajstić information content (AvgIpc) is 3.30. The van der Waals surface area contributed by atoms with Crippen LogP contribution in [0.4, 0.5) is 0 Å².